The first-order valence-electron chi connectivity index (χ1n) is 7.62. The zero-order chi connectivity index (χ0) is 15.5. The van der Waals surface area contributed by atoms with Gasteiger partial charge in [-0.2, -0.15) is 0 Å². The molecule has 0 aliphatic carbocycles. The number of hydrogen-bond acceptors (Lipinski definition) is 3. The van der Waals surface area contributed by atoms with E-state index in [1.165, 1.54) is 10.1 Å². The molecule has 0 aliphatic rings. The lowest BCUT2D eigenvalue weighted by atomic mass is 9.87. The van der Waals surface area contributed by atoms with E-state index >= 15 is 0 Å². The maximum atomic E-state index is 6.17. The van der Waals surface area contributed by atoms with Crippen molar-refractivity contribution in [2.75, 3.05) is 6.61 Å². The van der Waals surface area contributed by atoms with Gasteiger partial charge in [-0.1, -0.05) is 20.8 Å². The molecule has 4 heteroatoms. The Morgan fingerprint density at radius 3 is 2.62 bits per heavy atom. The van der Waals surface area contributed by atoms with E-state index in [2.05, 4.69) is 63.5 Å². The van der Waals surface area contributed by atoms with Crippen molar-refractivity contribution >= 4 is 30.5 Å². The number of ether oxygens (including phenoxy) is 1. The molecule has 116 valence electrons. The molecule has 1 atom stereocenters. The van der Waals surface area contributed by atoms with E-state index in [1.54, 1.807) is 11.3 Å². The molecule has 1 aromatic carbocycles. The lowest BCUT2D eigenvalue weighted by Gasteiger charge is -2.32. The fourth-order valence-corrected chi connectivity index (χ4v) is 4.36. The number of hydrogen-bond donors (Lipinski definition) is 0. The van der Waals surface area contributed by atoms with Gasteiger partial charge in [-0.3, -0.25) is 0 Å². The molecule has 0 fully saturated rings. The normalized spacial score (nSPS) is 13.8. The third-order valence-corrected chi connectivity index (χ3v) is 5.23. The first kappa shape index (κ1) is 16.5. The standard InChI is InChI=1S/C17H26O2SSi/c1-17(2,3)16(19-21(4)5)8-10-18-14-7-6-13-9-11-20-15(13)12-14/h6-7,9,11-12,16,21H,8,10H2,1-5H3. The molecule has 0 spiro atoms. The van der Waals surface area contributed by atoms with Gasteiger partial charge in [0.15, 0.2) is 9.04 Å². The molecule has 1 unspecified atom stereocenters. The van der Waals surface area contributed by atoms with Gasteiger partial charge in [-0.05, 0) is 53.5 Å². The van der Waals surface area contributed by atoms with Gasteiger partial charge in [0.2, 0.25) is 0 Å². The lowest BCUT2D eigenvalue weighted by molar-refractivity contribution is 0.0646. The Bertz CT molecular complexity index is 571. The summed E-state index contributed by atoms with van der Waals surface area (Å²) in [5.74, 6) is 0.958. The molecule has 1 heterocycles. The quantitative estimate of drug-likeness (QED) is 0.690. The summed E-state index contributed by atoms with van der Waals surface area (Å²) in [5, 5.41) is 3.40. The van der Waals surface area contributed by atoms with Crippen LogP contribution in [0.5, 0.6) is 5.75 Å². The van der Waals surface area contributed by atoms with E-state index in [1.807, 2.05) is 0 Å². The second kappa shape index (κ2) is 6.94. The highest BCUT2D eigenvalue weighted by Gasteiger charge is 2.26. The SMILES string of the molecule is C[SiH](C)OC(CCOc1ccc2ccsc2c1)C(C)(C)C. The molecule has 2 rings (SSSR count). The number of fused-ring (bicyclic) bond motifs is 1. The van der Waals surface area contributed by atoms with Crippen LogP contribution in [-0.2, 0) is 4.43 Å². The van der Waals surface area contributed by atoms with Crippen LogP contribution < -0.4 is 4.74 Å². The molecular formula is C17H26O2SSi. The van der Waals surface area contributed by atoms with Gasteiger partial charge in [0.25, 0.3) is 0 Å². The van der Waals surface area contributed by atoms with Crippen molar-refractivity contribution in [3.63, 3.8) is 0 Å². The van der Waals surface area contributed by atoms with Crippen LogP contribution in [0.3, 0.4) is 0 Å². The van der Waals surface area contributed by atoms with Crippen molar-refractivity contribution in [1.29, 1.82) is 0 Å². The number of thiophene rings is 1. The molecule has 21 heavy (non-hydrogen) atoms. The average molecular weight is 323 g/mol. The van der Waals surface area contributed by atoms with Crippen LogP contribution in [0.15, 0.2) is 29.6 Å². The van der Waals surface area contributed by atoms with E-state index in [-0.39, 0.29) is 11.5 Å². The van der Waals surface area contributed by atoms with E-state index in [4.69, 9.17) is 9.16 Å². The third-order valence-electron chi connectivity index (χ3n) is 3.48. The smallest absolute Gasteiger partial charge is 0.171 e. The van der Waals surface area contributed by atoms with Crippen LogP contribution in [0.1, 0.15) is 27.2 Å². The van der Waals surface area contributed by atoms with Gasteiger partial charge in [-0.25, -0.2) is 0 Å². The van der Waals surface area contributed by atoms with Gasteiger partial charge in [0.05, 0.1) is 12.7 Å². The largest absolute Gasteiger partial charge is 0.493 e. The molecular weight excluding hydrogens is 296 g/mol. The first-order valence-corrected chi connectivity index (χ1v) is 11.3. The Morgan fingerprint density at radius 1 is 1.19 bits per heavy atom. The number of benzene rings is 1. The molecule has 0 aliphatic heterocycles. The van der Waals surface area contributed by atoms with Crippen molar-refractivity contribution in [3.05, 3.63) is 29.6 Å². The fourth-order valence-electron chi connectivity index (χ4n) is 2.34. The zero-order valence-electron chi connectivity index (χ0n) is 13.7. The summed E-state index contributed by atoms with van der Waals surface area (Å²) in [7, 11) is -1.02. The van der Waals surface area contributed by atoms with Crippen molar-refractivity contribution in [1.82, 2.24) is 0 Å². The van der Waals surface area contributed by atoms with E-state index < -0.39 is 9.04 Å². The highest BCUT2D eigenvalue weighted by atomic mass is 32.1. The molecule has 2 nitrogen and oxygen atoms in total. The summed E-state index contributed by atoms with van der Waals surface area (Å²) >= 11 is 1.75. The van der Waals surface area contributed by atoms with Crippen LogP contribution in [0.2, 0.25) is 13.1 Å². The summed E-state index contributed by atoms with van der Waals surface area (Å²) in [6.45, 7) is 11.9. The van der Waals surface area contributed by atoms with E-state index in [9.17, 15) is 0 Å². The van der Waals surface area contributed by atoms with Crippen LogP contribution in [0.25, 0.3) is 10.1 Å². The topological polar surface area (TPSA) is 18.5 Å². The maximum absolute atomic E-state index is 6.17. The predicted octanol–water partition coefficient (Wildman–Crippen LogP) is 5.08. The van der Waals surface area contributed by atoms with Gasteiger partial charge < -0.3 is 9.16 Å². The van der Waals surface area contributed by atoms with Crippen LogP contribution in [0, 0.1) is 5.41 Å². The van der Waals surface area contributed by atoms with Crippen molar-refractivity contribution in [3.8, 4) is 5.75 Å². The minimum absolute atomic E-state index is 0.165. The van der Waals surface area contributed by atoms with E-state index in [0.717, 1.165) is 12.2 Å². The second-order valence-corrected chi connectivity index (χ2v) is 10.1. The second-order valence-electron chi connectivity index (χ2n) is 6.80. The van der Waals surface area contributed by atoms with Crippen molar-refractivity contribution in [2.45, 2.75) is 46.4 Å². The van der Waals surface area contributed by atoms with Crippen LogP contribution >= 0.6 is 11.3 Å². The summed E-state index contributed by atoms with van der Waals surface area (Å²) in [6.07, 6.45) is 1.21. The Labute approximate surface area is 133 Å². The fraction of sp³-hybridized carbons (Fsp3) is 0.529. The summed E-state index contributed by atoms with van der Waals surface area (Å²) in [5.41, 5.74) is 0.165. The zero-order valence-corrected chi connectivity index (χ0v) is 15.7. The molecule has 0 saturated heterocycles. The third kappa shape index (κ3) is 4.83. The Kier molecular flexibility index (Phi) is 5.46. The summed E-state index contributed by atoms with van der Waals surface area (Å²) < 4.78 is 13.4. The highest BCUT2D eigenvalue weighted by Crippen LogP contribution is 2.28. The van der Waals surface area contributed by atoms with Gasteiger partial charge >= 0.3 is 0 Å². The predicted molar refractivity (Wildman–Crippen MR) is 95.1 cm³/mol. The highest BCUT2D eigenvalue weighted by molar-refractivity contribution is 7.17. The average Bonchev–Trinajstić information content (AvgIpc) is 2.83. The Hall–Kier alpha value is -0.843. The molecule has 0 radical (unpaired) electrons. The minimum atomic E-state index is -1.02. The van der Waals surface area contributed by atoms with Crippen LogP contribution in [0.4, 0.5) is 0 Å². The molecule has 0 N–H and O–H groups in total. The lowest BCUT2D eigenvalue weighted by Crippen LogP contribution is -2.34. The first-order chi connectivity index (χ1) is 9.86. The van der Waals surface area contributed by atoms with Crippen molar-refractivity contribution < 1.29 is 9.16 Å². The van der Waals surface area contributed by atoms with E-state index in [0.29, 0.717) is 6.61 Å². The molecule has 0 bridgehead atoms. The van der Waals surface area contributed by atoms with Gasteiger partial charge in [-0.15, -0.1) is 11.3 Å². The molecule has 2 aromatic rings. The minimum Gasteiger partial charge on any atom is -0.493 e. The Balaban J connectivity index is 1.91. The Morgan fingerprint density at radius 2 is 1.95 bits per heavy atom. The monoisotopic (exact) mass is 322 g/mol. The summed E-state index contributed by atoms with van der Waals surface area (Å²) in [4.78, 5) is 0. The summed E-state index contributed by atoms with van der Waals surface area (Å²) in [6, 6.07) is 8.45. The molecule has 0 amide bonds. The van der Waals surface area contributed by atoms with Gasteiger partial charge in [0, 0.05) is 11.1 Å². The van der Waals surface area contributed by atoms with Crippen molar-refractivity contribution in [2.24, 2.45) is 5.41 Å². The maximum Gasteiger partial charge on any atom is 0.171 e. The number of rotatable bonds is 6. The molecule has 1 aromatic heterocycles. The van der Waals surface area contributed by atoms with Crippen LogP contribution in [-0.4, -0.2) is 21.8 Å². The molecule has 0 saturated carbocycles. The van der Waals surface area contributed by atoms with Gasteiger partial charge in [0.1, 0.15) is 5.75 Å².